The zero-order valence-corrected chi connectivity index (χ0v) is 9.09. The summed E-state index contributed by atoms with van der Waals surface area (Å²) in [5, 5.41) is 3.34. The van der Waals surface area contributed by atoms with E-state index in [9.17, 15) is 0 Å². The molecule has 0 spiro atoms. The van der Waals surface area contributed by atoms with Crippen molar-refractivity contribution in [2.24, 2.45) is 0 Å². The molecule has 0 saturated carbocycles. The van der Waals surface area contributed by atoms with Crippen molar-refractivity contribution in [1.29, 1.82) is 0 Å². The van der Waals surface area contributed by atoms with Crippen LogP contribution in [-0.2, 0) is 19.5 Å². The fourth-order valence-corrected chi connectivity index (χ4v) is 2.55. The molecule has 0 unspecified atom stereocenters. The summed E-state index contributed by atoms with van der Waals surface area (Å²) in [6.45, 7) is 5.49. The van der Waals surface area contributed by atoms with Gasteiger partial charge in [0.1, 0.15) is 11.5 Å². The molecule has 3 nitrogen and oxygen atoms in total. The van der Waals surface area contributed by atoms with Gasteiger partial charge in [-0.2, -0.15) is 0 Å². The highest BCUT2D eigenvalue weighted by Gasteiger charge is 2.18. The maximum atomic E-state index is 5.86. The normalized spacial score (nSPS) is 21.9. The second-order valence-corrected chi connectivity index (χ2v) is 4.57. The summed E-state index contributed by atoms with van der Waals surface area (Å²) in [7, 11) is 0. The van der Waals surface area contributed by atoms with Crippen molar-refractivity contribution in [1.82, 2.24) is 10.2 Å². The number of furan rings is 1. The van der Waals surface area contributed by atoms with E-state index >= 15 is 0 Å². The minimum Gasteiger partial charge on any atom is -0.463 e. The summed E-state index contributed by atoms with van der Waals surface area (Å²) in [4.78, 5) is 2.48. The summed E-state index contributed by atoms with van der Waals surface area (Å²) in [5.41, 5.74) is 1.42. The maximum Gasteiger partial charge on any atom is 0.121 e. The molecule has 0 bridgehead atoms. The van der Waals surface area contributed by atoms with Crippen molar-refractivity contribution in [3.8, 4) is 0 Å². The van der Waals surface area contributed by atoms with Gasteiger partial charge in [-0.1, -0.05) is 0 Å². The molecular formula is C12H18N2O. The van der Waals surface area contributed by atoms with E-state index in [1.54, 1.807) is 0 Å². The molecule has 1 aromatic rings. The van der Waals surface area contributed by atoms with Crippen LogP contribution in [0.15, 0.2) is 10.5 Å². The fraction of sp³-hybridized carbons (Fsp3) is 0.667. The van der Waals surface area contributed by atoms with Gasteiger partial charge in [0, 0.05) is 0 Å². The standard InChI is InChI=1S/C12H18N2O/c1-2-6-14(5-1)9-11-7-10-3-4-13-8-12(10)15-11/h7,13H,1-6,8-9H2. The van der Waals surface area contributed by atoms with Gasteiger partial charge in [0.15, 0.2) is 0 Å². The van der Waals surface area contributed by atoms with Gasteiger partial charge in [0.05, 0.1) is 13.1 Å². The van der Waals surface area contributed by atoms with Crippen LogP contribution < -0.4 is 5.32 Å². The molecule has 3 heteroatoms. The lowest BCUT2D eigenvalue weighted by molar-refractivity contribution is 0.291. The molecule has 3 heterocycles. The molecule has 2 aliphatic rings. The number of rotatable bonds is 2. The zero-order valence-electron chi connectivity index (χ0n) is 9.09. The number of hydrogen-bond acceptors (Lipinski definition) is 3. The van der Waals surface area contributed by atoms with Crippen LogP contribution in [0.4, 0.5) is 0 Å². The molecule has 1 saturated heterocycles. The second-order valence-electron chi connectivity index (χ2n) is 4.57. The minimum absolute atomic E-state index is 0.912. The van der Waals surface area contributed by atoms with Crippen molar-refractivity contribution in [3.63, 3.8) is 0 Å². The average molecular weight is 206 g/mol. The Bertz CT molecular complexity index is 316. The van der Waals surface area contributed by atoms with Crippen molar-refractivity contribution < 1.29 is 4.42 Å². The monoisotopic (exact) mass is 206 g/mol. The first-order valence-electron chi connectivity index (χ1n) is 5.95. The van der Waals surface area contributed by atoms with Crippen LogP contribution in [0.2, 0.25) is 0 Å². The van der Waals surface area contributed by atoms with E-state index in [-0.39, 0.29) is 0 Å². The fourth-order valence-electron chi connectivity index (χ4n) is 2.55. The SMILES string of the molecule is c1c(CN2CCCC2)oc2c1CCNC2. The summed E-state index contributed by atoms with van der Waals surface area (Å²) >= 11 is 0. The first-order valence-corrected chi connectivity index (χ1v) is 5.95. The van der Waals surface area contributed by atoms with E-state index in [4.69, 9.17) is 4.42 Å². The number of fused-ring (bicyclic) bond motifs is 1. The van der Waals surface area contributed by atoms with E-state index < -0.39 is 0 Å². The highest BCUT2D eigenvalue weighted by Crippen LogP contribution is 2.21. The van der Waals surface area contributed by atoms with Crippen molar-refractivity contribution in [2.45, 2.75) is 32.4 Å². The molecule has 0 atom stereocenters. The third-order valence-electron chi connectivity index (χ3n) is 3.38. The van der Waals surface area contributed by atoms with Gasteiger partial charge in [0.25, 0.3) is 0 Å². The minimum atomic E-state index is 0.912. The molecule has 1 N–H and O–H groups in total. The number of likely N-dealkylation sites (tertiary alicyclic amines) is 1. The van der Waals surface area contributed by atoms with Crippen LogP contribution in [0.5, 0.6) is 0 Å². The molecule has 3 rings (SSSR count). The molecule has 1 fully saturated rings. The molecule has 15 heavy (non-hydrogen) atoms. The van der Waals surface area contributed by atoms with Gasteiger partial charge < -0.3 is 9.73 Å². The molecule has 0 aliphatic carbocycles. The Morgan fingerprint density at radius 2 is 2.20 bits per heavy atom. The number of hydrogen-bond donors (Lipinski definition) is 1. The van der Waals surface area contributed by atoms with Crippen LogP contribution >= 0.6 is 0 Å². The highest BCUT2D eigenvalue weighted by molar-refractivity contribution is 5.24. The van der Waals surface area contributed by atoms with Gasteiger partial charge in [-0.25, -0.2) is 0 Å². The topological polar surface area (TPSA) is 28.4 Å². The molecule has 2 aliphatic heterocycles. The summed E-state index contributed by atoms with van der Waals surface area (Å²) in [6.07, 6.45) is 3.82. The highest BCUT2D eigenvalue weighted by atomic mass is 16.3. The van der Waals surface area contributed by atoms with Crippen LogP contribution in [-0.4, -0.2) is 24.5 Å². The van der Waals surface area contributed by atoms with Gasteiger partial charge in [-0.05, 0) is 50.5 Å². The predicted molar refractivity (Wildman–Crippen MR) is 58.6 cm³/mol. The summed E-state index contributed by atoms with van der Waals surface area (Å²) < 4.78 is 5.86. The summed E-state index contributed by atoms with van der Waals surface area (Å²) in [6, 6.07) is 2.26. The van der Waals surface area contributed by atoms with E-state index in [0.29, 0.717) is 0 Å². The molecule has 1 aromatic heterocycles. The molecule has 0 amide bonds. The van der Waals surface area contributed by atoms with Crippen LogP contribution in [0, 0.1) is 0 Å². The Labute approximate surface area is 90.4 Å². The molecular weight excluding hydrogens is 188 g/mol. The quantitative estimate of drug-likeness (QED) is 0.795. The lowest BCUT2D eigenvalue weighted by Gasteiger charge is -2.11. The Balaban J connectivity index is 1.72. The van der Waals surface area contributed by atoms with Crippen LogP contribution in [0.25, 0.3) is 0 Å². The maximum absolute atomic E-state index is 5.86. The zero-order chi connectivity index (χ0) is 10.1. The largest absolute Gasteiger partial charge is 0.463 e. The lowest BCUT2D eigenvalue weighted by Crippen LogP contribution is -2.22. The third kappa shape index (κ3) is 1.94. The Morgan fingerprint density at radius 1 is 1.33 bits per heavy atom. The molecule has 82 valence electrons. The van der Waals surface area contributed by atoms with E-state index in [0.717, 1.165) is 37.6 Å². The van der Waals surface area contributed by atoms with Gasteiger partial charge in [-0.3, -0.25) is 4.90 Å². The van der Waals surface area contributed by atoms with E-state index in [2.05, 4.69) is 16.3 Å². The van der Waals surface area contributed by atoms with E-state index in [1.807, 2.05) is 0 Å². The Morgan fingerprint density at radius 3 is 3.00 bits per heavy atom. The van der Waals surface area contributed by atoms with Gasteiger partial charge in [-0.15, -0.1) is 0 Å². The van der Waals surface area contributed by atoms with Crippen LogP contribution in [0.1, 0.15) is 29.9 Å². The number of nitrogens with zero attached hydrogens (tertiary/aromatic N) is 1. The predicted octanol–water partition coefficient (Wildman–Crippen LogP) is 1.52. The van der Waals surface area contributed by atoms with Gasteiger partial charge in [0.2, 0.25) is 0 Å². The Kier molecular flexibility index (Phi) is 2.51. The number of nitrogens with one attached hydrogen (secondary N) is 1. The first-order chi connectivity index (χ1) is 7.42. The smallest absolute Gasteiger partial charge is 0.121 e. The summed E-state index contributed by atoms with van der Waals surface area (Å²) in [5.74, 6) is 2.32. The van der Waals surface area contributed by atoms with E-state index in [1.165, 1.54) is 31.5 Å². The Hall–Kier alpha value is -0.800. The average Bonchev–Trinajstić information content (AvgIpc) is 2.86. The molecule has 0 radical (unpaired) electrons. The van der Waals surface area contributed by atoms with Crippen molar-refractivity contribution in [2.75, 3.05) is 19.6 Å². The first kappa shape index (κ1) is 9.43. The van der Waals surface area contributed by atoms with Crippen LogP contribution in [0.3, 0.4) is 0 Å². The van der Waals surface area contributed by atoms with Gasteiger partial charge >= 0.3 is 0 Å². The molecule has 0 aromatic carbocycles. The van der Waals surface area contributed by atoms with Crippen molar-refractivity contribution >= 4 is 0 Å². The second kappa shape index (κ2) is 3.99. The van der Waals surface area contributed by atoms with Crippen molar-refractivity contribution in [3.05, 3.63) is 23.2 Å². The lowest BCUT2D eigenvalue weighted by atomic mass is 10.1. The third-order valence-corrected chi connectivity index (χ3v) is 3.38.